The quantitative estimate of drug-likeness (QED) is 0.713. The molecule has 1 amide bonds. The van der Waals surface area contributed by atoms with Gasteiger partial charge in [0.15, 0.2) is 0 Å². The maximum absolute atomic E-state index is 13.2. The first-order valence-corrected chi connectivity index (χ1v) is 10.1. The SMILES string of the molecule is O=C(c1cc2ccccc2s1)N1Cc2ccnn2C(CN2CCCC2)C1. The van der Waals surface area contributed by atoms with E-state index in [1.165, 1.54) is 17.5 Å². The van der Waals surface area contributed by atoms with E-state index in [4.69, 9.17) is 0 Å². The standard InChI is InChI=1S/C20H22N4OS/c25-20(19-11-15-5-1-2-6-18(15)26-19)23-13-16-7-8-21-24(16)17(14-23)12-22-9-3-4-10-22/h1-2,5-8,11,17H,3-4,9-10,12-14H2. The van der Waals surface area contributed by atoms with E-state index in [-0.39, 0.29) is 11.9 Å². The molecule has 4 heterocycles. The Hall–Kier alpha value is -2.18. The molecule has 134 valence electrons. The molecule has 1 atom stereocenters. The van der Waals surface area contributed by atoms with Crippen LogP contribution in [0.2, 0.25) is 0 Å². The van der Waals surface area contributed by atoms with Crippen molar-refractivity contribution in [2.75, 3.05) is 26.2 Å². The number of hydrogen-bond acceptors (Lipinski definition) is 4. The van der Waals surface area contributed by atoms with E-state index in [0.29, 0.717) is 6.54 Å². The maximum atomic E-state index is 13.2. The lowest BCUT2D eigenvalue weighted by molar-refractivity contribution is 0.0651. The van der Waals surface area contributed by atoms with Crippen LogP contribution in [0.3, 0.4) is 0 Å². The van der Waals surface area contributed by atoms with Gasteiger partial charge in [0.1, 0.15) is 0 Å². The van der Waals surface area contributed by atoms with Gasteiger partial charge < -0.3 is 9.80 Å². The molecule has 26 heavy (non-hydrogen) atoms. The molecule has 1 saturated heterocycles. The van der Waals surface area contributed by atoms with Gasteiger partial charge in [0.05, 0.1) is 23.2 Å². The summed E-state index contributed by atoms with van der Waals surface area (Å²) in [5.74, 6) is 0.144. The van der Waals surface area contributed by atoms with Gasteiger partial charge in [0.25, 0.3) is 5.91 Å². The predicted molar refractivity (Wildman–Crippen MR) is 104 cm³/mol. The van der Waals surface area contributed by atoms with E-state index < -0.39 is 0 Å². The number of benzene rings is 1. The number of rotatable bonds is 3. The van der Waals surface area contributed by atoms with Crippen LogP contribution in [0.5, 0.6) is 0 Å². The Morgan fingerprint density at radius 3 is 2.88 bits per heavy atom. The lowest BCUT2D eigenvalue weighted by atomic mass is 10.1. The Morgan fingerprint density at radius 2 is 2.04 bits per heavy atom. The fraction of sp³-hybridized carbons (Fsp3) is 0.400. The Kier molecular flexibility index (Phi) is 4.02. The first kappa shape index (κ1) is 16.0. The van der Waals surface area contributed by atoms with E-state index in [1.54, 1.807) is 11.3 Å². The second-order valence-corrected chi connectivity index (χ2v) is 8.35. The number of nitrogens with zero attached hydrogens (tertiary/aromatic N) is 4. The summed E-state index contributed by atoms with van der Waals surface area (Å²) in [6.45, 7) is 4.68. The minimum atomic E-state index is 0.144. The summed E-state index contributed by atoms with van der Waals surface area (Å²) in [5.41, 5.74) is 1.13. The highest BCUT2D eigenvalue weighted by atomic mass is 32.1. The van der Waals surface area contributed by atoms with Gasteiger partial charge in [-0.1, -0.05) is 18.2 Å². The first-order valence-electron chi connectivity index (χ1n) is 9.30. The van der Waals surface area contributed by atoms with E-state index in [2.05, 4.69) is 26.8 Å². The zero-order valence-corrected chi connectivity index (χ0v) is 15.5. The third-order valence-electron chi connectivity index (χ3n) is 5.47. The fourth-order valence-corrected chi connectivity index (χ4v) is 5.21. The molecule has 1 fully saturated rings. The summed E-state index contributed by atoms with van der Waals surface area (Å²) in [6.07, 6.45) is 4.42. The number of amides is 1. The Balaban J connectivity index is 1.41. The summed E-state index contributed by atoms with van der Waals surface area (Å²) in [6, 6.07) is 12.5. The highest BCUT2D eigenvalue weighted by molar-refractivity contribution is 7.20. The zero-order chi connectivity index (χ0) is 17.5. The third-order valence-corrected chi connectivity index (χ3v) is 6.58. The molecule has 6 heteroatoms. The van der Waals surface area contributed by atoms with Crippen molar-refractivity contribution in [3.8, 4) is 0 Å². The van der Waals surface area contributed by atoms with Crippen molar-refractivity contribution in [3.05, 3.63) is 53.2 Å². The summed E-state index contributed by atoms with van der Waals surface area (Å²) in [5, 5.41) is 5.69. The van der Waals surface area contributed by atoms with Crippen molar-refractivity contribution in [1.29, 1.82) is 0 Å². The smallest absolute Gasteiger partial charge is 0.264 e. The zero-order valence-electron chi connectivity index (χ0n) is 14.7. The van der Waals surface area contributed by atoms with Crippen LogP contribution in [0.1, 0.15) is 34.2 Å². The van der Waals surface area contributed by atoms with Crippen LogP contribution in [0.25, 0.3) is 10.1 Å². The Labute approximate surface area is 156 Å². The average Bonchev–Trinajstić information content (AvgIpc) is 3.40. The molecule has 0 radical (unpaired) electrons. The molecule has 5 nitrogen and oxygen atoms in total. The van der Waals surface area contributed by atoms with E-state index in [1.807, 2.05) is 35.4 Å². The van der Waals surface area contributed by atoms with E-state index in [9.17, 15) is 4.79 Å². The fourth-order valence-electron chi connectivity index (χ4n) is 4.18. The molecule has 1 aromatic carbocycles. The number of aromatic nitrogens is 2. The molecule has 0 N–H and O–H groups in total. The van der Waals surface area contributed by atoms with Crippen LogP contribution in [-0.2, 0) is 6.54 Å². The number of carbonyl (C=O) groups is 1. The normalized spacial score (nSPS) is 20.6. The van der Waals surface area contributed by atoms with Crippen LogP contribution in [0.15, 0.2) is 42.6 Å². The minimum absolute atomic E-state index is 0.144. The van der Waals surface area contributed by atoms with Crippen molar-refractivity contribution in [2.45, 2.75) is 25.4 Å². The molecular weight excluding hydrogens is 344 g/mol. The number of hydrogen-bond donors (Lipinski definition) is 0. The molecule has 0 aliphatic carbocycles. The molecule has 1 unspecified atom stereocenters. The maximum Gasteiger partial charge on any atom is 0.264 e. The van der Waals surface area contributed by atoms with E-state index >= 15 is 0 Å². The second-order valence-electron chi connectivity index (χ2n) is 7.26. The molecular formula is C20H22N4OS. The lowest BCUT2D eigenvalue weighted by Gasteiger charge is -2.35. The van der Waals surface area contributed by atoms with Crippen molar-refractivity contribution in [3.63, 3.8) is 0 Å². The number of fused-ring (bicyclic) bond motifs is 2. The van der Waals surface area contributed by atoms with Crippen molar-refractivity contribution in [1.82, 2.24) is 19.6 Å². The van der Waals surface area contributed by atoms with Gasteiger partial charge in [-0.05, 0) is 49.5 Å². The second kappa shape index (κ2) is 6.52. The minimum Gasteiger partial charge on any atom is -0.330 e. The van der Waals surface area contributed by atoms with Crippen LogP contribution in [0, 0.1) is 0 Å². The summed E-state index contributed by atoms with van der Waals surface area (Å²) < 4.78 is 3.30. The predicted octanol–water partition coefficient (Wildman–Crippen LogP) is 3.39. The van der Waals surface area contributed by atoms with Gasteiger partial charge in [0.2, 0.25) is 0 Å². The van der Waals surface area contributed by atoms with Crippen molar-refractivity contribution >= 4 is 27.3 Å². The van der Waals surface area contributed by atoms with Gasteiger partial charge >= 0.3 is 0 Å². The van der Waals surface area contributed by atoms with Crippen LogP contribution in [-0.4, -0.2) is 51.7 Å². The van der Waals surface area contributed by atoms with Gasteiger partial charge in [-0.15, -0.1) is 11.3 Å². The monoisotopic (exact) mass is 366 g/mol. The molecule has 3 aromatic rings. The molecule has 0 saturated carbocycles. The molecule has 0 spiro atoms. The molecule has 2 aliphatic rings. The molecule has 5 rings (SSSR count). The Bertz CT molecular complexity index is 907. The van der Waals surface area contributed by atoms with Gasteiger partial charge in [-0.2, -0.15) is 5.10 Å². The van der Waals surface area contributed by atoms with E-state index in [0.717, 1.165) is 42.1 Å². The van der Waals surface area contributed by atoms with Gasteiger partial charge in [0, 0.05) is 24.0 Å². The average molecular weight is 366 g/mol. The summed E-state index contributed by atoms with van der Waals surface area (Å²) in [7, 11) is 0. The summed E-state index contributed by atoms with van der Waals surface area (Å²) >= 11 is 1.59. The molecule has 0 bridgehead atoms. The Morgan fingerprint density at radius 1 is 1.19 bits per heavy atom. The topological polar surface area (TPSA) is 41.4 Å². The van der Waals surface area contributed by atoms with Crippen LogP contribution in [0.4, 0.5) is 0 Å². The molecule has 2 aliphatic heterocycles. The van der Waals surface area contributed by atoms with Gasteiger partial charge in [-0.25, -0.2) is 0 Å². The molecule has 2 aromatic heterocycles. The largest absolute Gasteiger partial charge is 0.330 e. The van der Waals surface area contributed by atoms with Crippen molar-refractivity contribution < 1.29 is 4.79 Å². The highest BCUT2D eigenvalue weighted by Gasteiger charge is 2.31. The number of likely N-dealkylation sites (tertiary alicyclic amines) is 1. The van der Waals surface area contributed by atoms with Crippen LogP contribution >= 0.6 is 11.3 Å². The highest BCUT2D eigenvalue weighted by Crippen LogP contribution is 2.29. The number of carbonyl (C=O) groups excluding carboxylic acids is 1. The summed E-state index contributed by atoms with van der Waals surface area (Å²) in [4.78, 5) is 18.5. The van der Waals surface area contributed by atoms with Crippen molar-refractivity contribution in [2.24, 2.45) is 0 Å². The first-order chi connectivity index (χ1) is 12.8. The van der Waals surface area contributed by atoms with Gasteiger partial charge in [-0.3, -0.25) is 9.48 Å². The lowest BCUT2D eigenvalue weighted by Crippen LogP contribution is -2.44. The third kappa shape index (κ3) is 2.83. The van der Waals surface area contributed by atoms with Crippen LogP contribution < -0.4 is 0 Å². The number of thiophene rings is 1.